The molecule has 0 aliphatic carbocycles. The van der Waals surface area contributed by atoms with Gasteiger partial charge in [0.15, 0.2) is 0 Å². The fourth-order valence-corrected chi connectivity index (χ4v) is 3.27. The fraction of sp³-hybridized carbons (Fsp3) is 0.400. The van der Waals surface area contributed by atoms with Gasteiger partial charge in [0.2, 0.25) is 0 Å². The maximum Gasteiger partial charge on any atom is 0.107 e. The van der Waals surface area contributed by atoms with E-state index in [0.29, 0.717) is 0 Å². The van der Waals surface area contributed by atoms with Crippen LogP contribution in [0.4, 0.5) is 5.69 Å². The van der Waals surface area contributed by atoms with E-state index in [1.54, 1.807) is 11.3 Å². The van der Waals surface area contributed by atoms with Gasteiger partial charge < -0.3 is 10.2 Å². The van der Waals surface area contributed by atoms with Crippen molar-refractivity contribution in [2.24, 2.45) is 0 Å². The molecule has 0 spiro atoms. The summed E-state index contributed by atoms with van der Waals surface area (Å²) in [5, 5.41) is 6.73. The molecule has 0 saturated carbocycles. The maximum absolute atomic E-state index is 4.46. The molecule has 1 aliphatic heterocycles. The highest BCUT2D eigenvalue weighted by atomic mass is 32.1. The third-order valence-electron chi connectivity index (χ3n) is 3.54. The number of aryl methyl sites for hydroxylation is 1. The van der Waals surface area contributed by atoms with Crippen LogP contribution < -0.4 is 10.2 Å². The molecule has 1 N–H and O–H groups in total. The van der Waals surface area contributed by atoms with Gasteiger partial charge in [-0.05, 0) is 30.5 Å². The molecule has 0 saturated heterocycles. The number of thiazole rings is 1. The number of benzene rings is 1. The summed E-state index contributed by atoms with van der Waals surface area (Å²) >= 11 is 1.72. The molecular weight excluding hydrogens is 254 g/mol. The van der Waals surface area contributed by atoms with E-state index in [2.05, 4.69) is 45.8 Å². The average molecular weight is 273 g/mol. The molecule has 0 amide bonds. The number of hydrogen-bond donors (Lipinski definition) is 1. The molecule has 0 unspecified atom stereocenters. The number of nitrogens with zero attached hydrogens (tertiary/aromatic N) is 2. The van der Waals surface area contributed by atoms with Gasteiger partial charge >= 0.3 is 0 Å². The Hall–Kier alpha value is -1.39. The summed E-state index contributed by atoms with van der Waals surface area (Å²) in [5.41, 5.74) is 5.34. The van der Waals surface area contributed by atoms with Gasteiger partial charge in [-0.1, -0.05) is 12.1 Å². The van der Waals surface area contributed by atoms with Crippen LogP contribution in [-0.2, 0) is 19.5 Å². The molecule has 0 atom stereocenters. The Morgan fingerprint density at radius 1 is 1.37 bits per heavy atom. The third-order valence-corrected chi connectivity index (χ3v) is 4.51. The molecule has 0 bridgehead atoms. The second-order valence-electron chi connectivity index (χ2n) is 5.12. The van der Waals surface area contributed by atoms with Crippen LogP contribution in [0.15, 0.2) is 23.6 Å². The lowest BCUT2D eigenvalue weighted by molar-refractivity contribution is 0.688. The van der Waals surface area contributed by atoms with Crippen LogP contribution >= 0.6 is 11.3 Å². The zero-order valence-corrected chi connectivity index (χ0v) is 12.3. The predicted octanol–water partition coefficient (Wildman–Crippen LogP) is 2.73. The Morgan fingerprint density at radius 2 is 2.26 bits per heavy atom. The highest BCUT2D eigenvalue weighted by Crippen LogP contribution is 2.27. The van der Waals surface area contributed by atoms with E-state index in [-0.39, 0.29) is 0 Å². The Balaban J connectivity index is 1.59. The molecule has 0 radical (unpaired) electrons. The van der Waals surface area contributed by atoms with Gasteiger partial charge in [0, 0.05) is 43.4 Å². The molecule has 3 nitrogen and oxygen atoms in total. The van der Waals surface area contributed by atoms with Crippen LogP contribution in [0.2, 0.25) is 0 Å². The number of likely N-dealkylation sites (N-methyl/N-ethyl adjacent to an activating group) is 1. The summed E-state index contributed by atoms with van der Waals surface area (Å²) in [4.78, 5) is 6.78. The average Bonchev–Trinajstić information content (AvgIpc) is 2.97. The Kier molecular flexibility index (Phi) is 3.53. The Labute approximate surface area is 118 Å². The minimum atomic E-state index is 0.857. The zero-order chi connectivity index (χ0) is 13.2. The molecule has 2 heterocycles. The van der Waals surface area contributed by atoms with Crippen molar-refractivity contribution in [3.63, 3.8) is 0 Å². The van der Waals surface area contributed by atoms with Crippen LogP contribution in [0.1, 0.15) is 21.8 Å². The summed E-state index contributed by atoms with van der Waals surface area (Å²) in [5.74, 6) is 0. The molecule has 1 aromatic carbocycles. The molecule has 100 valence electrons. The molecule has 3 rings (SSSR count). The minimum absolute atomic E-state index is 0.857. The van der Waals surface area contributed by atoms with E-state index in [1.165, 1.54) is 28.2 Å². The largest absolute Gasteiger partial charge is 0.374 e. The van der Waals surface area contributed by atoms with Crippen molar-refractivity contribution in [3.8, 4) is 0 Å². The van der Waals surface area contributed by atoms with Crippen LogP contribution in [0.3, 0.4) is 0 Å². The Morgan fingerprint density at radius 3 is 3.05 bits per heavy atom. The minimum Gasteiger partial charge on any atom is -0.374 e. The first-order valence-electron chi connectivity index (χ1n) is 6.67. The zero-order valence-electron chi connectivity index (χ0n) is 11.4. The van der Waals surface area contributed by atoms with Crippen molar-refractivity contribution in [3.05, 3.63) is 45.4 Å². The molecule has 4 heteroatoms. The Bertz CT molecular complexity index is 577. The third kappa shape index (κ3) is 2.80. The van der Waals surface area contributed by atoms with Crippen molar-refractivity contribution in [2.45, 2.75) is 26.4 Å². The first-order valence-corrected chi connectivity index (χ1v) is 7.55. The summed E-state index contributed by atoms with van der Waals surface area (Å²) in [6, 6.07) is 6.80. The fourth-order valence-electron chi connectivity index (χ4n) is 2.53. The number of nitrogens with one attached hydrogen (secondary N) is 1. The van der Waals surface area contributed by atoms with Crippen LogP contribution in [-0.4, -0.2) is 18.6 Å². The first kappa shape index (κ1) is 12.6. The highest BCUT2D eigenvalue weighted by molar-refractivity contribution is 7.09. The van der Waals surface area contributed by atoms with E-state index in [1.807, 2.05) is 6.92 Å². The van der Waals surface area contributed by atoms with E-state index in [0.717, 1.165) is 25.3 Å². The molecule has 1 aromatic heterocycles. The first-order chi connectivity index (χ1) is 9.22. The van der Waals surface area contributed by atoms with Gasteiger partial charge in [-0.3, -0.25) is 0 Å². The molecular formula is C15H19N3S. The van der Waals surface area contributed by atoms with Gasteiger partial charge in [-0.15, -0.1) is 11.3 Å². The number of aromatic nitrogens is 1. The van der Waals surface area contributed by atoms with E-state index in [4.69, 9.17) is 0 Å². The lowest BCUT2D eigenvalue weighted by Gasteiger charge is -2.12. The number of rotatable bonds is 4. The quantitative estimate of drug-likeness (QED) is 0.928. The summed E-state index contributed by atoms with van der Waals surface area (Å²) in [6.07, 6.45) is 1.17. The summed E-state index contributed by atoms with van der Waals surface area (Å²) in [6.45, 7) is 4.95. The summed E-state index contributed by atoms with van der Waals surface area (Å²) < 4.78 is 0. The van der Waals surface area contributed by atoms with Gasteiger partial charge in [-0.25, -0.2) is 4.98 Å². The SMILES string of the molecule is Cc1csc(CNCc2ccc3c(c2)CCN3C)n1. The normalized spacial score (nSPS) is 13.9. The topological polar surface area (TPSA) is 28.2 Å². The lowest BCUT2D eigenvalue weighted by atomic mass is 10.1. The highest BCUT2D eigenvalue weighted by Gasteiger charge is 2.15. The van der Waals surface area contributed by atoms with Crippen LogP contribution in [0.25, 0.3) is 0 Å². The second kappa shape index (κ2) is 5.31. The predicted molar refractivity (Wildman–Crippen MR) is 80.8 cm³/mol. The second-order valence-corrected chi connectivity index (χ2v) is 6.06. The number of fused-ring (bicyclic) bond motifs is 1. The van der Waals surface area contributed by atoms with Gasteiger partial charge in [0.05, 0.1) is 0 Å². The van der Waals surface area contributed by atoms with Crippen LogP contribution in [0.5, 0.6) is 0 Å². The van der Waals surface area contributed by atoms with Crippen LogP contribution in [0, 0.1) is 6.92 Å². The molecule has 0 fully saturated rings. The molecule has 19 heavy (non-hydrogen) atoms. The molecule has 2 aromatic rings. The van der Waals surface area contributed by atoms with E-state index in [9.17, 15) is 0 Å². The van der Waals surface area contributed by atoms with Crippen molar-refractivity contribution in [2.75, 3.05) is 18.5 Å². The lowest BCUT2D eigenvalue weighted by Crippen LogP contribution is -2.13. The van der Waals surface area contributed by atoms with Crippen molar-refractivity contribution >= 4 is 17.0 Å². The van der Waals surface area contributed by atoms with Gasteiger partial charge in [0.25, 0.3) is 0 Å². The van der Waals surface area contributed by atoms with E-state index >= 15 is 0 Å². The van der Waals surface area contributed by atoms with Crippen molar-refractivity contribution in [1.82, 2.24) is 10.3 Å². The van der Waals surface area contributed by atoms with Crippen molar-refractivity contribution in [1.29, 1.82) is 0 Å². The van der Waals surface area contributed by atoms with Crippen molar-refractivity contribution < 1.29 is 0 Å². The monoisotopic (exact) mass is 273 g/mol. The molecule has 1 aliphatic rings. The van der Waals surface area contributed by atoms with Gasteiger partial charge in [-0.2, -0.15) is 0 Å². The standard InChI is InChI=1S/C15H19N3S/c1-11-10-19-15(17-11)9-16-8-12-3-4-14-13(7-12)5-6-18(14)2/h3-4,7,10,16H,5-6,8-9H2,1-2H3. The maximum atomic E-state index is 4.46. The smallest absolute Gasteiger partial charge is 0.107 e. The number of hydrogen-bond acceptors (Lipinski definition) is 4. The van der Waals surface area contributed by atoms with Gasteiger partial charge in [0.1, 0.15) is 5.01 Å². The number of anilines is 1. The summed E-state index contributed by atoms with van der Waals surface area (Å²) in [7, 11) is 2.16. The van der Waals surface area contributed by atoms with E-state index < -0.39 is 0 Å².